The number of benzene rings is 1. The zero-order valence-electron chi connectivity index (χ0n) is 10.0. The molecule has 0 atom stereocenters. The molecule has 3 rings (SSSR count). The molecule has 18 heavy (non-hydrogen) atoms. The van der Waals surface area contributed by atoms with E-state index in [1.54, 1.807) is 12.1 Å². The maximum atomic E-state index is 11.6. The zero-order valence-corrected chi connectivity index (χ0v) is 10.0. The van der Waals surface area contributed by atoms with E-state index in [9.17, 15) is 14.9 Å². The number of hydrogen-bond acceptors (Lipinski definition) is 4. The van der Waals surface area contributed by atoms with E-state index in [4.69, 9.17) is 4.74 Å². The van der Waals surface area contributed by atoms with Crippen molar-refractivity contribution in [3.8, 4) is 0 Å². The molecule has 1 aromatic carbocycles. The van der Waals surface area contributed by atoms with Crippen LogP contribution in [0.1, 0.15) is 18.4 Å². The molecule has 0 radical (unpaired) electrons. The topological polar surface area (TPSA) is 69.4 Å². The second-order valence-electron chi connectivity index (χ2n) is 5.31. The number of hydrogen-bond donors (Lipinski definition) is 0. The molecule has 0 heterocycles. The number of fused-ring (bicyclic) bond motifs is 1. The summed E-state index contributed by atoms with van der Waals surface area (Å²) in [5.41, 5.74) is 0.781. The fourth-order valence-corrected chi connectivity index (χ4v) is 3.04. The van der Waals surface area contributed by atoms with Gasteiger partial charge >= 0.3 is 5.97 Å². The number of methoxy groups -OCH3 is 1. The van der Waals surface area contributed by atoms with Crippen LogP contribution in [0.4, 0.5) is 5.69 Å². The van der Waals surface area contributed by atoms with Crippen molar-refractivity contribution in [2.24, 2.45) is 10.8 Å². The molecule has 5 nitrogen and oxygen atoms in total. The molecule has 2 aliphatic carbocycles. The average molecular weight is 247 g/mol. The third-order valence-electron chi connectivity index (χ3n) is 4.29. The van der Waals surface area contributed by atoms with E-state index >= 15 is 0 Å². The first-order valence-corrected chi connectivity index (χ1v) is 5.85. The number of ether oxygens (including phenoxy) is 1. The van der Waals surface area contributed by atoms with Crippen LogP contribution in [0.25, 0.3) is 0 Å². The molecule has 0 spiro atoms. The number of rotatable bonds is 4. The van der Waals surface area contributed by atoms with E-state index in [0.29, 0.717) is 0 Å². The summed E-state index contributed by atoms with van der Waals surface area (Å²) in [6.07, 6.45) is 2.44. The molecular weight excluding hydrogens is 234 g/mol. The molecule has 0 aliphatic heterocycles. The molecule has 2 aliphatic rings. The van der Waals surface area contributed by atoms with Crippen LogP contribution in [0, 0.1) is 20.9 Å². The monoisotopic (exact) mass is 247 g/mol. The summed E-state index contributed by atoms with van der Waals surface area (Å²) in [7, 11) is 1.41. The molecule has 2 fully saturated rings. The molecule has 0 bridgehead atoms. The Labute approximate surface area is 104 Å². The van der Waals surface area contributed by atoms with Gasteiger partial charge in [0.05, 0.1) is 17.4 Å². The maximum Gasteiger partial charge on any atom is 0.312 e. The number of carbonyl (C=O) groups excluding carboxylic acids is 1. The van der Waals surface area contributed by atoms with Crippen LogP contribution in [0.5, 0.6) is 0 Å². The number of carbonyl (C=O) groups is 1. The van der Waals surface area contributed by atoms with Crippen molar-refractivity contribution in [3.05, 3.63) is 39.9 Å². The Morgan fingerprint density at radius 3 is 2.83 bits per heavy atom. The summed E-state index contributed by atoms with van der Waals surface area (Å²) >= 11 is 0. The van der Waals surface area contributed by atoms with Gasteiger partial charge in [-0.1, -0.05) is 12.1 Å². The van der Waals surface area contributed by atoms with Crippen molar-refractivity contribution in [3.63, 3.8) is 0 Å². The second kappa shape index (κ2) is 3.31. The third-order valence-corrected chi connectivity index (χ3v) is 4.29. The predicted octanol–water partition coefficient (Wildman–Crippen LogP) is 2.09. The first-order chi connectivity index (χ1) is 8.53. The largest absolute Gasteiger partial charge is 0.469 e. The lowest BCUT2D eigenvalue weighted by atomic mass is 10.0. The van der Waals surface area contributed by atoms with E-state index in [1.807, 2.05) is 6.07 Å². The van der Waals surface area contributed by atoms with Crippen LogP contribution in [0.15, 0.2) is 24.3 Å². The molecule has 0 amide bonds. The van der Waals surface area contributed by atoms with Gasteiger partial charge in [0.15, 0.2) is 0 Å². The van der Waals surface area contributed by atoms with Gasteiger partial charge in [-0.05, 0) is 30.2 Å². The van der Waals surface area contributed by atoms with Crippen LogP contribution in [-0.4, -0.2) is 18.0 Å². The van der Waals surface area contributed by atoms with E-state index in [1.165, 1.54) is 13.2 Å². The quantitative estimate of drug-likeness (QED) is 0.464. The number of esters is 1. The van der Waals surface area contributed by atoms with E-state index < -0.39 is 4.92 Å². The predicted molar refractivity (Wildman–Crippen MR) is 62.9 cm³/mol. The summed E-state index contributed by atoms with van der Waals surface area (Å²) in [5.74, 6) is -0.132. The fourth-order valence-electron chi connectivity index (χ4n) is 3.04. The van der Waals surface area contributed by atoms with Gasteiger partial charge in [-0.15, -0.1) is 0 Å². The summed E-state index contributed by atoms with van der Waals surface area (Å²) in [5, 5.41) is 10.7. The third kappa shape index (κ3) is 1.36. The number of nitro groups is 1. The summed E-state index contributed by atoms with van der Waals surface area (Å²) in [4.78, 5) is 21.9. The molecule has 94 valence electrons. The molecule has 0 unspecified atom stereocenters. The lowest BCUT2D eigenvalue weighted by Gasteiger charge is -2.02. The Morgan fingerprint density at radius 1 is 1.50 bits per heavy atom. The molecule has 0 N–H and O–H groups in total. The smallest absolute Gasteiger partial charge is 0.312 e. The minimum atomic E-state index is -0.394. The molecule has 2 saturated carbocycles. The SMILES string of the molecule is COC(=O)C12CC1(Cc1cccc([N+](=O)[O-])c1)C2. The van der Waals surface area contributed by atoms with Gasteiger partial charge in [0.25, 0.3) is 5.69 Å². The Kier molecular flexibility index (Phi) is 2.06. The fraction of sp³-hybridized carbons (Fsp3) is 0.462. The van der Waals surface area contributed by atoms with Gasteiger partial charge in [-0.25, -0.2) is 0 Å². The van der Waals surface area contributed by atoms with Crippen LogP contribution in [-0.2, 0) is 16.0 Å². The van der Waals surface area contributed by atoms with E-state index in [0.717, 1.165) is 24.8 Å². The summed E-state index contributed by atoms with van der Waals surface area (Å²) in [6, 6.07) is 6.64. The van der Waals surface area contributed by atoms with Crippen molar-refractivity contribution >= 4 is 11.7 Å². The second-order valence-corrected chi connectivity index (χ2v) is 5.31. The van der Waals surface area contributed by atoms with Gasteiger partial charge in [0.2, 0.25) is 0 Å². The Morgan fingerprint density at radius 2 is 2.22 bits per heavy atom. The zero-order chi connectivity index (χ0) is 13.0. The number of nitrogens with zero attached hydrogens (tertiary/aromatic N) is 1. The Balaban J connectivity index is 1.75. The van der Waals surface area contributed by atoms with Gasteiger partial charge in [-0.2, -0.15) is 0 Å². The van der Waals surface area contributed by atoms with E-state index in [-0.39, 0.29) is 22.5 Å². The lowest BCUT2D eigenvalue weighted by molar-refractivity contribution is -0.384. The standard InChI is InChI=1S/C13H13NO4/c1-18-11(15)13-7-12(13,8-13)6-9-3-2-4-10(5-9)14(16)17/h2-5H,6-8H2,1H3. The van der Waals surface area contributed by atoms with Crippen molar-refractivity contribution < 1.29 is 14.5 Å². The summed E-state index contributed by atoms with van der Waals surface area (Å²) in [6.45, 7) is 0. The van der Waals surface area contributed by atoms with E-state index in [2.05, 4.69) is 0 Å². The Bertz CT molecular complexity index is 546. The molecule has 0 saturated heterocycles. The molecule has 0 aromatic heterocycles. The number of non-ortho nitro benzene ring substituents is 1. The molecule has 5 heteroatoms. The van der Waals surface area contributed by atoms with Crippen molar-refractivity contribution in [2.75, 3.05) is 7.11 Å². The van der Waals surface area contributed by atoms with Crippen LogP contribution in [0.3, 0.4) is 0 Å². The highest BCUT2D eigenvalue weighted by Crippen LogP contribution is 2.87. The molecular formula is C13H13NO4. The van der Waals surface area contributed by atoms with Gasteiger partial charge in [0.1, 0.15) is 0 Å². The van der Waals surface area contributed by atoms with Crippen LogP contribution in [0.2, 0.25) is 0 Å². The van der Waals surface area contributed by atoms with Crippen molar-refractivity contribution in [2.45, 2.75) is 19.3 Å². The first kappa shape index (κ1) is 11.2. The average Bonchev–Trinajstić information content (AvgIpc) is 3.15. The lowest BCUT2D eigenvalue weighted by Crippen LogP contribution is -2.08. The maximum absolute atomic E-state index is 11.6. The highest BCUT2D eigenvalue weighted by Gasteiger charge is 2.87. The molecule has 1 aromatic rings. The minimum Gasteiger partial charge on any atom is -0.469 e. The van der Waals surface area contributed by atoms with Crippen molar-refractivity contribution in [1.29, 1.82) is 0 Å². The first-order valence-electron chi connectivity index (χ1n) is 5.85. The van der Waals surface area contributed by atoms with Gasteiger partial charge < -0.3 is 4.74 Å². The van der Waals surface area contributed by atoms with Crippen LogP contribution >= 0.6 is 0 Å². The number of nitro benzene ring substituents is 1. The summed E-state index contributed by atoms with van der Waals surface area (Å²) < 4.78 is 4.80. The highest BCUT2D eigenvalue weighted by molar-refractivity contribution is 5.87. The van der Waals surface area contributed by atoms with Crippen molar-refractivity contribution in [1.82, 2.24) is 0 Å². The normalized spacial score (nSPS) is 31.4. The Hall–Kier alpha value is -1.91. The minimum absolute atomic E-state index is 0.0231. The van der Waals surface area contributed by atoms with Gasteiger partial charge in [0, 0.05) is 12.1 Å². The van der Waals surface area contributed by atoms with Crippen LogP contribution < -0.4 is 0 Å². The van der Waals surface area contributed by atoms with Gasteiger partial charge in [-0.3, -0.25) is 14.9 Å². The highest BCUT2D eigenvalue weighted by atomic mass is 16.6.